The highest BCUT2D eigenvalue weighted by Crippen LogP contribution is 2.28. The molecule has 0 aromatic rings. The van der Waals surface area contributed by atoms with Crippen LogP contribution in [-0.4, -0.2) is 12.6 Å². The van der Waals surface area contributed by atoms with Crippen molar-refractivity contribution in [2.24, 2.45) is 17.8 Å². The van der Waals surface area contributed by atoms with E-state index < -0.39 is 0 Å². The monoisotopic (exact) mass is 239 g/mol. The van der Waals surface area contributed by atoms with Crippen LogP contribution in [0.25, 0.3) is 0 Å². The summed E-state index contributed by atoms with van der Waals surface area (Å²) in [6.07, 6.45) is 9.73. The summed E-state index contributed by atoms with van der Waals surface area (Å²) in [5.74, 6) is 2.73. The van der Waals surface area contributed by atoms with Gasteiger partial charge < -0.3 is 5.32 Å². The molecule has 1 saturated carbocycles. The molecule has 0 radical (unpaired) electrons. The molecular weight excluding hydrogens is 206 g/mol. The fourth-order valence-corrected chi connectivity index (χ4v) is 3.23. The second kappa shape index (κ2) is 8.13. The third kappa shape index (κ3) is 5.42. The first-order valence-corrected chi connectivity index (χ1v) is 7.90. The highest BCUT2D eigenvalue weighted by Gasteiger charge is 2.25. The Bertz CT molecular complexity index is 190. The topological polar surface area (TPSA) is 12.0 Å². The Morgan fingerprint density at radius 2 is 1.94 bits per heavy atom. The summed E-state index contributed by atoms with van der Waals surface area (Å²) in [6.45, 7) is 10.7. The number of hydrogen-bond acceptors (Lipinski definition) is 1. The third-order valence-corrected chi connectivity index (χ3v) is 4.64. The van der Waals surface area contributed by atoms with Gasteiger partial charge in [0.25, 0.3) is 0 Å². The van der Waals surface area contributed by atoms with Crippen molar-refractivity contribution >= 4 is 0 Å². The molecule has 0 heterocycles. The van der Waals surface area contributed by atoms with E-state index in [0.717, 1.165) is 23.8 Å². The van der Waals surface area contributed by atoms with Gasteiger partial charge >= 0.3 is 0 Å². The fourth-order valence-electron chi connectivity index (χ4n) is 3.23. The first kappa shape index (κ1) is 15.0. The van der Waals surface area contributed by atoms with Crippen LogP contribution in [0.1, 0.15) is 72.6 Å². The minimum atomic E-state index is 0.793. The van der Waals surface area contributed by atoms with Gasteiger partial charge in [-0.15, -0.1) is 0 Å². The minimum absolute atomic E-state index is 0.793. The normalized spacial score (nSPS) is 31.4. The van der Waals surface area contributed by atoms with Crippen molar-refractivity contribution in [2.45, 2.75) is 78.7 Å². The third-order valence-electron chi connectivity index (χ3n) is 4.64. The lowest BCUT2D eigenvalue weighted by Crippen LogP contribution is -2.41. The Hall–Kier alpha value is -0.0400. The zero-order valence-corrected chi connectivity index (χ0v) is 12.5. The van der Waals surface area contributed by atoms with Gasteiger partial charge in [-0.25, -0.2) is 0 Å². The summed E-state index contributed by atoms with van der Waals surface area (Å²) in [4.78, 5) is 0. The highest BCUT2D eigenvalue weighted by atomic mass is 14.9. The van der Waals surface area contributed by atoms with E-state index in [0.29, 0.717) is 0 Å². The lowest BCUT2D eigenvalue weighted by Gasteiger charge is -2.34. The van der Waals surface area contributed by atoms with Gasteiger partial charge in [0.05, 0.1) is 0 Å². The molecule has 0 saturated heterocycles. The van der Waals surface area contributed by atoms with Crippen LogP contribution < -0.4 is 5.32 Å². The molecule has 1 aliphatic rings. The summed E-state index contributed by atoms with van der Waals surface area (Å²) in [5.41, 5.74) is 0. The van der Waals surface area contributed by atoms with E-state index in [4.69, 9.17) is 0 Å². The first-order chi connectivity index (χ1) is 8.17. The summed E-state index contributed by atoms with van der Waals surface area (Å²) in [6, 6.07) is 0.793. The van der Waals surface area contributed by atoms with Gasteiger partial charge in [-0.05, 0) is 50.0 Å². The lowest BCUT2D eigenvalue weighted by atomic mass is 9.79. The van der Waals surface area contributed by atoms with Crippen molar-refractivity contribution in [1.82, 2.24) is 5.32 Å². The van der Waals surface area contributed by atoms with Gasteiger partial charge in [0.2, 0.25) is 0 Å². The van der Waals surface area contributed by atoms with Crippen LogP contribution in [0, 0.1) is 17.8 Å². The Morgan fingerprint density at radius 1 is 1.18 bits per heavy atom. The van der Waals surface area contributed by atoms with Crippen molar-refractivity contribution in [2.75, 3.05) is 6.54 Å². The second-order valence-electron chi connectivity index (χ2n) is 6.33. The van der Waals surface area contributed by atoms with Gasteiger partial charge in [0.1, 0.15) is 0 Å². The molecule has 1 aliphatic carbocycles. The highest BCUT2D eigenvalue weighted by molar-refractivity contribution is 4.81. The maximum atomic E-state index is 3.85. The molecule has 4 atom stereocenters. The van der Waals surface area contributed by atoms with Crippen molar-refractivity contribution in [3.8, 4) is 0 Å². The molecule has 0 aromatic heterocycles. The Morgan fingerprint density at radius 3 is 2.53 bits per heavy atom. The molecule has 0 spiro atoms. The quantitative estimate of drug-likeness (QED) is 0.683. The number of hydrogen-bond donors (Lipinski definition) is 1. The SMILES string of the molecule is CCCCC(CC)CNC1CCC(C)CC1C. The molecule has 1 N–H and O–H groups in total. The maximum absolute atomic E-state index is 3.85. The molecule has 0 aromatic carbocycles. The molecular formula is C16H33N. The standard InChI is InChI=1S/C16H33N/c1-5-7-8-15(6-2)12-17-16-10-9-13(3)11-14(16)4/h13-17H,5-12H2,1-4H3. The van der Waals surface area contributed by atoms with Crippen molar-refractivity contribution in [3.63, 3.8) is 0 Å². The Balaban J connectivity index is 2.23. The predicted octanol–water partition coefficient (Wildman–Crippen LogP) is 4.62. The van der Waals surface area contributed by atoms with Crippen LogP contribution in [0.5, 0.6) is 0 Å². The summed E-state index contributed by atoms with van der Waals surface area (Å²) < 4.78 is 0. The molecule has 1 fully saturated rings. The molecule has 17 heavy (non-hydrogen) atoms. The number of nitrogens with one attached hydrogen (secondary N) is 1. The molecule has 1 rings (SSSR count). The van der Waals surface area contributed by atoms with E-state index in [1.54, 1.807) is 0 Å². The van der Waals surface area contributed by atoms with E-state index in [1.807, 2.05) is 0 Å². The number of unbranched alkanes of at least 4 members (excludes halogenated alkanes) is 1. The van der Waals surface area contributed by atoms with Crippen molar-refractivity contribution < 1.29 is 0 Å². The largest absolute Gasteiger partial charge is 0.313 e. The van der Waals surface area contributed by atoms with E-state index in [2.05, 4.69) is 33.0 Å². The lowest BCUT2D eigenvalue weighted by molar-refractivity contribution is 0.218. The van der Waals surface area contributed by atoms with E-state index in [9.17, 15) is 0 Å². The van der Waals surface area contributed by atoms with E-state index in [1.165, 1.54) is 51.5 Å². The van der Waals surface area contributed by atoms with Crippen LogP contribution >= 0.6 is 0 Å². The molecule has 102 valence electrons. The zero-order chi connectivity index (χ0) is 12.7. The predicted molar refractivity (Wildman–Crippen MR) is 77.3 cm³/mol. The molecule has 1 nitrogen and oxygen atoms in total. The Labute approximate surface area is 109 Å². The summed E-state index contributed by atoms with van der Waals surface area (Å²) in [5, 5.41) is 3.85. The minimum Gasteiger partial charge on any atom is -0.313 e. The summed E-state index contributed by atoms with van der Waals surface area (Å²) >= 11 is 0. The molecule has 4 unspecified atom stereocenters. The van der Waals surface area contributed by atoms with Crippen LogP contribution in [0.3, 0.4) is 0 Å². The van der Waals surface area contributed by atoms with Crippen LogP contribution in [0.2, 0.25) is 0 Å². The molecule has 0 bridgehead atoms. The Kier molecular flexibility index (Phi) is 7.18. The van der Waals surface area contributed by atoms with Crippen LogP contribution in [0.4, 0.5) is 0 Å². The average molecular weight is 239 g/mol. The average Bonchev–Trinajstić information content (AvgIpc) is 2.31. The van der Waals surface area contributed by atoms with Gasteiger partial charge in [0, 0.05) is 6.04 Å². The maximum Gasteiger partial charge on any atom is 0.00930 e. The molecule has 0 amide bonds. The van der Waals surface area contributed by atoms with Crippen LogP contribution in [0.15, 0.2) is 0 Å². The summed E-state index contributed by atoms with van der Waals surface area (Å²) in [7, 11) is 0. The van der Waals surface area contributed by atoms with Crippen LogP contribution in [-0.2, 0) is 0 Å². The van der Waals surface area contributed by atoms with Gasteiger partial charge in [-0.1, -0.05) is 47.0 Å². The van der Waals surface area contributed by atoms with Crippen molar-refractivity contribution in [3.05, 3.63) is 0 Å². The van der Waals surface area contributed by atoms with Crippen molar-refractivity contribution in [1.29, 1.82) is 0 Å². The molecule has 1 heteroatoms. The van der Waals surface area contributed by atoms with Gasteiger partial charge in [-0.2, -0.15) is 0 Å². The van der Waals surface area contributed by atoms with E-state index in [-0.39, 0.29) is 0 Å². The fraction of sp³-hybridized carbons (Fsp3) is 1.00. The molecule has 0 aliphatic heterocycles. The van der Waals surface area contributed by atoms with Gasteiger partial charge in [-0.3, -0.25) is 0 Å². The zero-order valence-electron chi connectivity index (χ0n) is 12.5. The first-order valence-electron chi connectivity index (χ1n) is 7.90. The smallest absolute Gasteiger partial charge is 0.00930 e. The second-order valence-corrected chi connectivity index (χ2v) is 6.33. The van der Waals surface area contributed by atoms with E-state index >= 15 is 0 Å². The number of rotatable bonds is 7. The van der Waals surface area contributed by atoms with Gasteiger partial charge in [0.15, 0.2) is 0 Å².